The van der Waals surface area contributed by atoms with Gasteiger partial charge in [-0.25, -0.2) is 14.8 Å². The van der Waals surface area contributed by atoms with Gasteiger partial charge < -0.3 is 14.6 Å². The number of hydrogen-bond donors (Lipinski definition) is 1. The molecule has 1 N–H and O–H groups in total. The number of amides is 1. The molecule has 0 radical (unpaired) electrons. The first kappa shape index (κ1) is 20.9. The molecular weight excluding hydrogens is 418 g/mol. The maximum atomic E-state index is 12.5. The lowest BCUT2D eigenvalue weighted by molar-refractivity contribution is 0.111. The Labute approximate surface area is 184 Å². The van der Waals surface area contributed by atoms with E-state index in [0.29, 0.717) is 18.8 Å². The third-order valence-electron chi connectivity index (χ3n) is 5.07. The van der Waals surface area contributed by atoms with Gasteiger partial charge in [0.2, 0.25) is 0 Å². The summed E-state index contributed by atoms with van der Waals surface area (Å²) in [5.41, 5.74) is 1.16. The Bertz CT molecular complexity index is 908. The van der Waals surface area contributed by atoms with Crippen molar-refractivity contribution in [3.63, 3.8) is 0 Å². The summed E-state index contributed by atoms with van der Waals surface area (Å²) in [6.45, 7) is 6.20. The zero-order chi connectivity index (χ0) is 20.8. The van der Waals surface area contributed by atoms with Crippen molar-refractivity contribution in [1.29, 1.82) is 0 Å². The average molecular weight is 444 g/mol. The molecule has 30 heavy (non-hydrogen) atoms. The van der Waals surface area contributed by atoms with Crippen molar-refractivity contribution in [2.24, 2.45) is 0 Å². The van der Waals surface area contributed by atoms with Gasteiger partial charge in [0, 0.05) is 68.4 Å². The molecule has 4 rings (SSSR count). The fraction of sp³-hybridized carbons (Fsp3) is 0.381. The van der Waals surface area contributed by atoms with Gasteiger partial charge in [0.15, 0.2) is 5.16 Å². The number of aromatic nitrogens is 3. The quantitative estimate of drug-likeness (QED) is 0.555. The summed E-state index contributed by atoms with van der Waals surface area (Å²) < 4.78 is 5.58. The van der Waals surface area contributed by atoms with Crippen LogP contribution < -0.4 is 4.74 Å². The van der Waals surface area contributed by atoms with Gasteiger partial charge in [0.25, 0.3) is 0 Å². The van der Waals surface area contributed by atoms with Gasteiger partial charge in [-0.05, 0) is 24.6 Å². The number of thioether (sulfide) groups is 1. The number of ether oxygens (including phenoxy) is 1. The molecule has 1 fully saturated rings. The summed E-state index contributed by atoms with van der Waals surface area (Å²) in [7, 11) is 0. The average Bonchev–Trinajstić information content (AvgIpc) is 3.47. The van der Waals surface area contributed by atoms with Crippen LogP contribution in [0.4, 0.5) is 4.79 Å². The molecule has 7 nitrogen and oxygen atoms in total. The normalized spacial score (nSPS) is 15.8. The number of carbonyl (C=O) groups is 1. The van der Waals surface area contributed by atoms with E-state index in [4.69, 9.17) is 4.74 Å². The third kappa shape index (κ3) is 5.62. The largest absolute Gasteiger partial charge is 0.415 e. The van der Waals surface area contributed by atoms with Crippen LogP contribution in [-0.2, 0) is 6.42 Å². The minimum absolute atomic E-state index is 0.248. The van der Waals surface area contributed by atoms with Crippen molar-refractivity contribution in [1.82, 2.24) is 24.8 Å². The van der Waals surface area contributed by atoms with Crippen molar-refractivity contribution >= 4 is 29.2 Å². The van der Waals surface area contributed by atoms with Crippen LogP contribution in [0.3, 0.4) is 0 Å². The fourth-order valence-corrected chi connectivity index (χ4v) is 4.80. The first-order valence-electron chi connectivity index (χ1n) is 10.0. The van der Waals surface area contributed by atoms with Crippen molar-refractivity contribution in [3.05, 3.63) is 58.8 Å². The van der Waals surface area contributed by atoms with Crippen molar-refractivity contribution in [2.75, 3.05) is 32.7 Å². The van der Waals surface area contributed by atoms with Crippen molar-refractivity contribution in [2.45, 2.75) is 23.8 Å². The van der Waals surface area contributed by atoms with Crippen LogP contribution >= 0.6 is 23.1 Å². The molecule has 2 aromatic heterocycles. The summed E-state index contributed by atoms with van der Waals surface area (Å²) >= 11 is 3.35. The van der Waals surface area contributed by atoms with E-state index in [0.717, 1.165) is 41.8 Å². The molecular formula is C21H25N5O2S2. The summed E-state index contributed by atoms with van der Waals surface area (Å²) in [5, 5.41) is 4.31. The highest BCUT2D eigenvalue weighted by Crippen LogP contribution is 2.33. The molecule has 1 unspecified atom stereocenters. The second-order valence-corrected chi connectivity index (χ2v) is 9.40. The first-order valence-corrected chi connectivity index (χ1v) is 11.8. The summed E-state index contributed by atoms with van der Waals surface area (Å²) in [6.07, 6.45) is 6.10. The molecule has 1 atom stereocenters. The van der Waals surface area contributed by atoms with E-state index >= 15 is 0 Å². The number of nitrogens with one attached hydrogen (secondary N) is 1. The van der Waals surface area contributed by atoms with E-state index in [2.05, 4.69) is 26.8 Å². The van der Waals surface area contributed by atoms with E-state index < -0.39 is 0 Å². The number of aromatic amines is 1. The summed E-state index contributed by atoms with van der Waals surface area (Å²) in [4.78, 5) is 28.3. The molecule has 9 heteroatoms. The predicted octanol–water partition coefficient (Wildman–Crippen LogP) is 4.08. The highest BCUT2D eigenvalue weighted by atomic mass is 32.2. The van der Waals surface area contributed by atoms with E-state index in [-0.39, 0.29) is 11.3 Å². The summed E-state index contributed by atoms with van der Waals surface area (Å²) in [6, 6.07) is 7.72. The van der Waals surface area contributed by atoms with Crippen LogP contribution in [-0.4, -0.2) is 63.6 Å². The smallest absolute Gasteiger partial charge is 0.410 e. The minimum Gasteiger partial charge on any atom is -0.410 e. The van der Waals surface area contributed by atoms with Gasteiger partial charge >= 0.3 is 6.09 Å². The SMILES string of the molecule is CC(Sc1ncc[nH]1)c1ccc(OC(=O)N2CCN(CCc3nccs3)CC2)cc1. The number of hydrogen-bond acceptors (Lipinski definition) is 7. The molecule has 1 saturated heterocycles. The first-order chi connectivity index (χ1) is 14.7. The lowest BCUT2D eigenvalue weighted by atomic mass is 10.1. The van der Waals surface area contributed by atoms with E-state index in [9.17, 15) is 4.79 Å². The van der Waals surface area contributed by atoms with Gasteiger partial charge in [0.05, 0.1) is 5.01 Å². The Balaban J connectivity index is 1.22. The Morgan fingerprint density at radius 3 is 2.67 bits per heavy atom. The molecule has 0 bridgehead atoms. The molecule has 0 saturated carbocycles. The Morgan fingerprint density at radius 1 is 1.20 bits per heavy atom. The van der Waals surface area contributed by atoms with E-state index in [1.807, 2.05) is 42.0 Å². The molecule has 0 spiro atoms. The summed E-state index contributed by atoms with van der Waals surface area (Å²) in [5.74, 6) is 0.574. The lowest BCUT2D eigenvalue weighted by Gasteiger charge is -2.33. The molecule has 3 aromatic rings. The Morgan fingerprint density at radius 2 is 2.00 bits per heavy atom. The second-order valence-electron chi connectivity index (χ2n) is 7.10. The predicted molar refractivity (Wildman–Crippen MR) is 119 cm³/mol. The zero-order valence-electron chi connectivity index (χ0n) is 16.9. The fourth-order valence-electron chi connectivity index (χ4n) is 3.31. The highest BCUT2D eigenvalue weighted by Gasteiger charge is 2.22. The van der Waals surface area contributed by atoms with Crippen LogP contribution in [0.5, 0.6) is 5.75 Å². The van der Waals surface area contributed by atoms with Crippen LogP contribution in [0.15, 0.2) is 53.4 Å². The number of nitrogens with zero attached hydrogens (tertiary/aromatic N) is 4. The molecule has 1 aromatic carbocycles. The zero-order valence-corrected chi connectivity index (χ0v) is 18.5. The highest BCUT2D eigenvalue weighted by molar-refractivity contribution is 7.99. The van der Waals surface area contributed by atoms with E-state index in [1.54, 1.807) is 34.2 Å². The van der Waals surface area contributed by atoms with Crippen LogP contribution in [0.25, 0.3) is 0 Å². The van der Waals surface area contributed by atoms with Gasteiger partial charge in [-0.2, -0.15) is 0 Å². The van der Waals surface area contributed by atoms with Gasteiger partial charge in [0.1, 0.15) is 5.75 Å². The standard InChI is InChI=1S/C21H25N5O2S2/c1-16(30-20-23-7-8-24-20)17-2-4-18(5-3-17)28-21(27)26-13-11-25(12-14-26)10-6-19-22-9-15-29-19/h2-5,7-9,15-16H,6,10-14H2,1H3,(H,23,24). The number of piperazine rings is 1. The molecule has 1 amide bonds. The third-order valence-corrected chi connectivity index (χ3v) is 6.98. The molecule has 0 aliphatic carbocycles. The lowest BCUT2D eigenvalue weighted by Crippen LogP contribution is -2.49. The van der Waals surface area contributed by atoms with Crippen molar-refractivity contribution < 1.29 is 9.53 Å². The van der Waals surface area contributed by atoms with Crippen molar-refractivity contribution in [3.8, 4) is 5.75 Å². The molecule has 3 heterocycles. The number of rotatable bonds is 7. The van der Waals surface area contributed by atoms with Gasteiger partial charge in [-0.3, -0.25) is 4.90 Å². The second kappa shape index (κ2) is 10.1. The maximum Gasteiger partial charge on any atom is 0.415 e. The van der Waals surface area contributed by atoms with Crippen LogP contribution in [0.2, 0.25) is 0 Å². The Kier molecular flexibility index (Phi) is 7.03. The topological polar surface area (TPSA) is 74.3 Å². The Hall–Kier alpha value is -2.36. The monoisotopic (exact) mass is 443 g/mol. The number of imidazole rings is 1. The molecule has 1 aliphatic heterocycles. The van der Waals surface area contributed by atoms with Crippen LogP contribution in [0, 0.1) is 0 Å². The number of benzene rings is 1. The van der Waals surface area contributed by atoms with Crippen LogP contribution in [0.1, 0.15) is 22.7 Å². The van der Waals surface area contributed by atoms with Gasteiger partial charge in [-0.15, -0.1) is 11.3 Å². The molecule has 158 valence electrons. The maximum absolute atomic E-state index is 12.5. The molecule has 1 aliphatic rings. The van der Waals surface area contributed by atoms with Gasteiger partial charge in [-0.1, -0.05) is 23.9 Å². The number of H-pyrrole nitrogens is 1. The van der Waals surface area contributed by atoms with E-state index in [1.165, 1.54) is 0 Å². The number of thiazole rings is 1. The number of carbonyl (C=O) groups excluding carboxylic acids is 1. The minimum atomic E-state index is -0.277.